The van der Waals surface area contributed by atoms with Crippen molar-refractivity contribution in [1.29, 1.82) is 0 Å². The van der Waals surface area contributed by atoms with Crippen LogP contribution in [0.25, 0.3) is 0 Å². The number of carbonyl (C=O) groups excluding carboxylic acids is 2. The Morgan fingerprint density at radius 3 is 2.57 bits per heavy atom. The van der Waals surface area contributed by atoms with Crippen molar-refractivity contribution in [2.24, 2.45) is 0 Å². The van der Waals surface area contributed by atoms with E-state index in [2.05, 4.69) is 16.0 Å². The maximum absolute atomic E-state index is 12.5. The summed E-state index contributed by atoms with van der Waals surface area (Å²) in [6, 6.07) is 5.53. The molecule has 2 rings (SSSR count). The molecule has 6 nitrogen and oxygen atoms in total. The smallest absolute Gasteiger partial charge is 0.254 e. The van der Waals surface area contributed by atoms with Gasteiger partial charge in [-0.3, -0.25) is 9.59 Å². The summed E-state index contributed by atoms with van der Waals surface area (Å²) in [5.41, 5.74) is 2.53. The van der Waals surface area contributed by atoms with Crippen LogP contribution in [-0.4, -0.2) is 49.4 Å². The van der Waals surface area contributed by atoms with Crippen molar-refractivity contribution in [3.05, 3.63) is 23.8 Å². The third kappa shape index (κ3) is 3.65. The molecule has 0 fully saturated rings. The third-order valence-corrected chi connectivity index (χ3v) is 3.40. The summed E-state index contributed by atoms with van der Waals surface area (Å²) in [5, 5.41) is 9.24. The van der Waals surface area contributed by atoms with Crippen LogP contribution < -0.4 is 16.0 Å². The minimum atomic E-state index is -0.134. The number of hydrogen-bond donors (Lipinski definition) is 3. The molecule has 0 bridgehead atoms. The second-order valence-corrected chi connectivity index (χ2v) is 4.89. The molecule has 2 amide bonds. The summed E-state index contributed by atoms with van der Waals surface area (Å²) in [6.07, 6.45) is 0. The van der Waals surface area contributed by atoms with E-state index in [1.54, 1.807) is 11.0 Å². The van der Waals surface area contributed by atoms with Gasteiger partial charge in [0.25, 0.3) is 5.91 Å². The summed E-state index contributed by atoms with van der Waals surface area (Å²) in [7, 11) is 0. The number of nitrogens with zero attached hydrogens (tertiary/aromatic N) is 1. The maximum Gasteiger partial charge on any atom is 0.254 e. The Morgan fingerprint density at radius 2 is 1.90 bits per heavy atom. The molecular weight excluding hydrogens is 268 g/mol. The zero-order valence-electron chi connectivity index (χ0n) is 12.5. The average Bonchev–Trinajstić information content (AvgIpc) is 2.51. The molecule has 0 atom stereocenters. The van der Waals surface area contributed by atoms with Gasteiger partial charge in [0.1, 0.15) is 0 Å². The van der Waals surface area contributed by atoms with Crippen molar-refractivity contribution in [3.63, 3.8) is 0 Å². The maximum atomic E-state index is 12.5. The Hall–Kier alpha value is -2.24. The highest BCUT2D eigenvalue weighted by Gasteiger charge is 2.19. The second kappa shape index (κ2) is 6.97. The number of nitrogens with one attached hydrogen (secondary N) is 3. The van der Waals surface area contributed by atoms with E-state index in [0.717, 1.165) is 24.5 Å². The van der Waals surface area contributed by atoms with E-state index in [-0.39, 0.29) is 18.4 Å². The van der Waals surface area contributed by atoms with E-state index in [0.29, 0.717) is 18.7 Å². The van der Waals surface area contributed by atoms with Gasteiger partial charge in [0.2, 0.25) is 5.91 Å². The van der Waals surface area contributed by atoms with Gasteiger partial charge in [-0.25, -0.2) is 0 Å². The van der Waals surface area contributed by atoms with Crippen LogP contribution >= 0.6 is 0 Å². The van der Waals surface area contributed by atoms with E-state index < -0.39 is 0 Å². The first kappa shape index (κ1) is 15.2. The highest BCUT2D eigenvalue weighted by atomic mass is 16.2. The van der Waals surface area contributed by atoms with Gasteiger partial charge < -0.3 is 20.9 Å². The molecule has 0 spiro atoms. The monoisotopic (exact) mass is 290 g/mol. The van der Waals surface area contributed by atoms with E-state index in [1.165, 1.54) is 0 Å². The SMILES string of the molecule is CCNC(=O)CN(CC)C(=O)c1ccc2c(c1)NCCN2. The van der Waals surface area contributed by atoms with Gasteiger partial charge in [0.15, 0.2) is 0 Å². The number of benzene rings is 1. The Balaban J connectivity index is 2.11. The first-order valence-corrected chi connectivity index (χ1v) is 7.33. The molecule has 0 radical (unpaired) electrons. The Bertz CT molecular complexity index is 530. The molecule has 0 saturated heterocycles. The number of fused-ring (bicyclic) bond motifs is 1. The van der Waals surface area contributed by atoms with Crippen molar-refractivity contribution in [2.45, 2.75) is 13.8 Å². The molecular formula is C15H22N4O2. The molecule has 6 heteroatoms. The van der Waals surface area contributed by atoms with Gasteiger partial charge in [0.05, 0.1) is 17.9 Å². The summed E-state index contributed by atoms with van der Waals surface area (Å²) >= 11 is 0. The first-order chi connectivity index (χ1) is 10.2. The van der Waals surface area contributed by atoms with Gasteiger partial charge >= 0.3 is 0 Å². The van der Waals surface area contributed by atoms with Gasteiger partial charge in [-0.15, -0.1) is 0 Å². The normalized spacial score (nSPS) is 12.7. The van der Waals surface area contributed by atoms with Crippen LogP contribution in [0.1, 0.15) is 24.2 Å². The van der Waals surface area contributed by atoms with E-state index in [1.807, 2.05) is 26.0 Å². The summed E-state index contributed by atoms with van der Waals surface area (Å²) < 4.78 is 0. The molecule has 21 heavy (non-hydrogen) atoms. The summed E-state index contributed by atoms with van der Waals surface area (Å²) in [5.74, 6) is -0.260. The lowest BCUT2D eigenvalue weighted by Gasteiger charge is -2.23. The highest BCUT2D eigenvalue weighted by Crippen LogP contribution is 2.25. The zero-order chi connectivity index (χ0) is 15.2. The minimum absolute atomic E-state index is 0.0892. The van der Waals surface area contributed by atoms with Gasteiger partial charge in [0, 0.05) is 31.7 Å². The quantitative estimate of drug-likeness (QED) is 0.760. The van der Waals surface area contributed by atoms with Crippen molar-refractivity contribution < 1.29 is 9.59 Å². The van der Waals surface area contributed by atoms with Crippen molar-refractivity contribution >= 4 is 23.2 Å². The lowest BCUT2D eigenvalue weighted by molar-refractivity contribution is -0.121. The first-order valence-electron chi connectivity index (χ1n) is 7.33. The Kier molecular flexibility index (Phi) is 5.03. The molecule has 1 heterocycles. The number of carbonyl (C=O) groups is 2. The molecule has 1 aliphatic heterocycles. The number of rotatable bonds is 5. The average molecular weight is 290 g/mol. The summed E-state index contributed by atoms with van der Waals surface area (Å²) in [6.45, 7) is 6.59. The van der Waals surface area contributed by atoms with Gasteiger partial charge in [-0.2, -0.15) is 0 Å². The minimum Gasteiger partial charge on any atom is -0.382 e. The van der Waals surface area contributed by atoms with E-state index in [9.17, 15) is 9.59 Å². The van der Waals surface area contributed by atoms with Crippen LogP contribution in [-0.2, 0) is 4.79 Å². The number of hydrogen-bond acceptors (Lipinski definition) is 4. The van der Waals surface area contributed by atoms with Crippen LogP contribution in [0.4, 0.5) is 11.4 Å². The summed E-state index contributed by atoms with van der Waals surface area (Å²) in [4.78, 5) is 25.7. The van der Waals surface area contributed by atoms with E-state index >= 15 is 0 Å². The Labute approximate surface area is 124 Å². The lowest BCUT2D eigenvalue weighted by Crippen LogP contribution is -2.40. The number of amides is 2. The highest BCUT2D eigenvalue weighted by molar-refractivity contribution is 5.98. The topological polar surface area (TPSA) is 73.5 Å². The van der Waals surface area contributed by atoms with Crippen molar-refractivity contribution in [1.82, 2.24) is 10.2 Å². The molecule has 1 aromatic rings. The standard InChI is InChI=1S/C15H22N4O2/c1-3-16-14(20)10-19(4-2)15(21)11-5-6-12-13(9-11)18-8-7-17-12/h5-6,9,17-18H,3-4,7-8,10H2,1-2H3,(H,16,20). The van der Waals surface area contributed by atoms with Crippen LogP contribution in [0.5, 0.6) is 0 Å². The molecule has 1 aliphatic rings. The second-order valence-electron chi connectivity index (χ2n) is 4.89. The van der Waals surface area contributed by atoms with Crippen LogP contribution in [0.2, 0.25) is 0 Å². The zero-order valence-corrected chi connectivity index (χ0v) is 12.5. The molecule has 3 N–H and O–H groups in total. The fourth-order valence-electron chi connectivity index (χ4n) is 2.31. The van der Waals surface area contributed by atoms with Gasteiger partial charge in [-0.05, 0) is 32.0 Å². The van der Waals surface area contributed by atoms with Crippen molar-refractivity contribution in [3.8, 4) is 0 Å². The van der Waals surface area contributed by atoms with Crippen LogP contribution in [0, 0.1) is 0 Å². The molecule has 114 valence electrons. The molecule has 0 saturated carbocycles. The molecule has 0 aliphatic carbocycles. The molecule has 0 aromatic heterocycles. The fourth-order valence-corrected chi connectivity index (χ4v) is 2.31. The fraction of sp³-hybridized carbons (Fsp3) is 0.467. The van der Waals surface area contributed by atoms with Crippen LogP contribution in [0.3, 0.4) is 0 Å². The predicted molar refractivity (Wildman–Crippen MR) is 83.7 cm³/mol. The largest absolute Gasteiger partial charge is 0.382 e. The molecule has 0 unspecified atom stereocenters. The predicted octanol–water partition coefficient (Wildman–Crippen LogP) is 1.12. The lowest BCUT2D eigenvalue weighted by atomic mass is 10.1. The van der Waals surface area contributed by atoms with Gasteiger partial charge in [-0.1, -0.05) is 0 Å². The molecule has 1 aromatic carbocycles. The van der Waals surface area contributed by atoms with Crippen LogP contribution in [0.15, 0.2) is 18.2 Å². The number of anilines is 2. The Morgan fingerprint density at radius 1 is 1.19 bits per heavy atom. The van der Waals surface area contributed by atoms with E-state index in [4.69, 9.17) is 0 Å². The number of likely N-dealkylation sites (N-methyl/N-ethyl adjacent to an activating group) is 2. The third-order valence-electron chi connectivity index (χ3n) is 3.40. The van der Waals surface area contributed by atoms with Crippen molar-refractivity contribution in [2.75, 3.05) is 43.4 Å².